The van der Waals surface area contributed by atoms with E-state index in [0.717, 1.165) is 11.3 Å². The van der Waals surface area contributed by atoms with Crippen molar-refractivity contribution in [1.82, 2.24) is 20.3 Å². The molecule has 118 valence electrons. The van der Waals surface area contributed by atoms with Crippen LogP contribution in [0.25, 0.3) is 22.6 Å². The van der Waals surface area contributed by atoms with E-state index >= 15 is 0 Å². The number of nitrogens with zero attached hydrogens (tertiary/aromatic N) is 5. The largest absolute Gasteiger partial charge is 0.455 e. The molecule has 0 saturated carbocycles. The van der Waals surface area contributed by atoms with E-state index in [1.165, 1.54) is 6.21 Å². The standard InChI is InChI=1S/C15H11N7O2/c16-12-13(19-15-14(18-12)21-24-22-15)20-17-8-10-6-7-11(23-10)9-4-2-1-3-5-9/h1-8H,(H2,16,18,21)(H,19,20,22)/b17-8-. The number of anilines is 2. The molecular weight excluding hydrogens is 310 g/mol. The minimum Gasteiger partial charge on any atom is -0.455 e. The molecule has 1 aromatic carbocycles. The average Bonchev–Trinajstić information content (AvgIpc) is 3.25. The maximum atomic E-state index is 5.76. The number of aromatic nitrogens is 4. The topological polar surface area (TPSA) is 128 Å². The van der Waals surface area contributed by atoms with Crippen LogP contribution < -0.4 is 11.2 Å². The molecule has 3 aromatic heterocycles. The zero-order chi connectivity index (χ0) is 16.4. The quantitative estimate of drug-likeness (QED) is 0.433. The molecule has 0 bridgehead atoms. The first-order valence-electron chi connectivity index (χ1n) is 7.00. The lowest BCUT2D eigenvalue weighted by molar-refractivity contribution is 0.314. The molecule has 0 radical (unpaired) electrons. The summed E-state index contributed by atoms with van der Waals surface area (Å²) in [5.41, 5.74) is 9.92. The fourth-order valence-electron chi connectivity index (χ4n) is 2.07. The predicted molar refractivity (Wildman–Crippen MR) is 87.2 cm³/mol. The van der Waals surface area contributed by atoms with Gasteiger partial charge in [-0.1, -0.05) is 30.3 Å². The molecule has 0 spiro atoms. The van der Waals surface area contributed by atoms with Crippen LogP contribution in [0.15, 0.2) is 56.6 Å². The molecule has 24 heavy (non-hydrogen) atoms. The van der Waals surface area contributed by atoms with Gasteiger partial charge in [0.25, 0.3) is 0 Å². The third kappa shape index (κ3) is 2.65. The van der Waals surface area contributed by atoms with Crippen LogP contribution in [0.2, 0.25) is 0 Å². The summed E-state index contributed by atoms with van der Waals surface area (Å²) in [6.45, 7) is 0. The van der Waals surface area contributed by atoms with Crippen LogP contribution >= 0.6 is 0 Å². The van der Waals surface area contributed by atoms with E-state index in [1.54, 1.807) is 0 Å². The van der Waals surface area contributed by atoms with Gasteiger partial charge in [-0.15, -0.1) is 0 Å². The summed E-state index contributed by atoms with van der Waals surface area (Å²) in [5.74, 6) is 1.73. The number of nitrogens with one attached hydrogen (secondary N) is 1. The Hall–Kier alpha value is -3.75. The second-order valence-corrected chi connectivity index (χ2v) is 4.81. The van der Waals surface area contributed by atoms with Gasteiger partial charge in [-0.25, -0.2) is 9.61 Å². The summed E-state index contributed by atoms with van der Waals surface area (Å²) in [7, 11) is 0. The maximum Gasteiger partial charge on any atom is 0.245 e. The zero-order valence-corrected chi connectivity index (χ0v) is 12.2. The molecule has 0 aliphatic rings. The van der Waals surface area contributed by atoms with Crippen LogP contribution in [0.3, 0.4) is 0 Å². The van der Waals surface area contributed by atoms with Gasteiger partial charge in [0.15, 0.2) is 11.6 Å². The maximum absolute atomic E-state index is 5.76. The van der Waals surface area contributed by atoms with Crippen LogP contribution in [0.1, 0.15) is 5.76 Å². The number of fused-ring (bicyclic) bond motifs is 1. The van der Waals surface area contributed by atoms with Gasteiger partial charge < -0.3 is 10.2 Å². The van der Waals surface area contributed by atoms with Gasteiger partial charge >= 0.3 is 0 Å². The van der Waals surface area contributed by atoms with Crippen molar-refractivity contribution in [3.05, 3.63) is 48.2 Å². The van der Waals surface area contributed by atoms with Gasteiger partial charge in [0.05, 0.1) is 6.21 Å². The third-order valence-electron chi connectivity index (χ3n) is 3.19. The number of nitrogens with two attached hydrogens (primary N) is 1. The van der Waals surface area contributed by atoms with Gasteiger partial charge in [-0.05, 0) is 22.4 Å². The van der Waals surface area contributed by atoms with Gasteiger partial charge in [0, 0.05) is 5.56 Å². The average molecular weight is 321 g/mol. The highest BCUT2D eigenvalue weighted by atomic mass is 16.6. The molecule has 9 heteroatoms. The lowest BCUT2D eigenvalue weighted by Gasteiger charge is -2.00. The van der Waals surface area contributed by atoms with Crippen molar-refractivity contribution in [1.29, 1.82) is 0 Å². The summed E-state index contributed by atoms with van der Waals surface area (Å²) in [5, 5.41) is 11.2. The Kier molecular flexibility index (Phi) is 3.35. The molecule has 4 rings (SSSR count). The van der Waals surface area contributed by atoms with Crippen LogP contribution in [0, 0.1) is 0 Å². The second-order valence-electron chi connectivity index (χ2n) is 4.81. The smallest absolute Gasteiger partial charge is 0.245 e. The molecule has 0 amide bonds. The van der Waals surface area contributed by atoms with Crippen molar-refractivity contribution >= 4 is 29.1 Å². The van der Waals surface area contributed by atoms with Crippen molar-refractivity contribution in [2.75, 3.05) is 11.2 Å². The number of hydrazone groups is 1. The van der Waals surface area contributed by atoms with Crippen molar-refractivity contribution < 1.29 is 9.05 Å². The first-order valence-corrected chi connectivity index (χ1v) is 7.00. The van der Waals surface area contributed by atoms with E-state index in [-0.39, 0.29) is 22.9 Å². The summed E-state index contributed by atoms with van der Waals surface area (Å²) in [6, 6.07) is 13.5. The Morgan fingerprint density at radius 1 is 1.00 bits per heavy atom. The lowest BCUT2D eigenvalue weighted by Crippen LogP contribution is -2.02. The van der Waals surface area contributed by atoms with E-state index in [2.05, 4.69) is 35.4 Å². The highest BCUT2D eigenvalue weighted by Gasteiger charge is 2.09. The Labute approximate surface area is 135 Å². The second kappa shape index (κ2) is 5.80. The molecule has 0 unspecified atom stereocenters. The molecule has 3 N–H and O–H groups in total. The van der Waals surface area contributed by atoms with Crippen molar-refractivity contribution in [2.24, 2.45) is 5.10 Å². The Balaban J connectivity index is 1.51. The fourth-order valence-corrected chi connectivity index (χ4v) is 2.07. The van der Waals surface area contributed by atoms with Crippen LogP contribution in [0.5, 0.6) is 0 Å². The van der Waals surface area contributed by atoms with Crippen molar-refractivity contribution in [3.63, 3.8) is 0 Å². The third-order valence-corrected chi connectivity index (χ3v) is 3.19. The number of benzene rings is 1. The molecule has 0 fully saturated rings. The molecule has 3 heterocycles. The Morgan fingerprint density at radius 3 is 2.62 bits per heavy atom. The van der Waals surface area contributed by atoms with Crippen LogP contribution in [0.4, 0.5) is 11.6 Å². The molecule has 0 atom stereocenters. The lowest BCUT2D eigenvalue weighted by atomic mass is 10.2. The van der Waals surface area contributed by atoms with E-state index < -0.39 is 0 Å². The highest BCUT2D eigenvalue weighted by Crippen LogP contribution is 2.21. The predicted octanol–water partition coefficient (Wildman–Crippen LogP) is 2.30. The number of hydrogen-bond donors (Lipinski definition) is 2. The van der Waals surface area contributed by atoms with Crippen LogP contribution in [-0.2, 0) is 0 Å². The molecule has 4 aromatic rings. The molecule has 0 aliphatic heterocycles. The summed E-state index contributed by atoms with van der Waals surface area (Å²) in [4.78, 5) is 8.10. The van der Waals surface area contributed by atoms with E-state index in [1.807, 2.05) is 42.5 Å². The van der Waals surface area contributed by atoms with E-state index in [9.17, 15) is 0 Å². The fraction of sp³-hybridized carbons (Fsp3) is 0. The summed E-state index contributed by atoms with van der Waals surface area (Å²) in [6.07, 6.45) is 1.51. The van der Waals surface area contributed by atoms with Gasteiger partial charge in [-0.2, -0.15) is 10.1 Å². The van der Waals surface area contributed by atoms with E-state index in [0.29, 0.717) is 5.76 Å². The minimum atomic E-state index is 0.139. The summed E-state index contributed by atoms with van der Waals surface area (Å²) < 4.78 is 10.2. The number of nitrogen functional groups attached to an aromatic ring is 1. The van der Waals surface area contributed by atoms with E-state index in [4.69, 9.17) is 10.2 Å². The number of rotatable bonds is 4. The highest BCUT2D eigenvalue weighted by molar-refractivity contribution is 5.79. The molecule has 0 aliphatic carbocycles. The molecule has 0 saturated heterocycles. The summed E-state index contributed by atoms with van der Waals surface area (Å²) >= 11 is 0. The Bertz CT molecular complexity index is 1010. The number of furan rings is 1. The van der Waals surface area contributed by atoms with Crippen LogP contribution in [-0.4, -0.2) is 26.5 Å². The van der Waals surface area contributed by atoms with Gasteiger partial charge in [0.2, 0.25) is 11.3 Å². The minimum absolute atomic E-state index is 0.139. The zero-order valence-electron chi connectivity index (χ0n) is 12.2. The van der Waals surface area contributed by atoms with Gasteiger partial charge in [0.1, 0.15) is 11.5 Å². The Morgan fingerprint density at radius 2 is 1.79 bits per heavy atom. The monoisotopic (exact) mass is 321 g/mol. The first-order chi connectivity index (χ1) is 11.8. The molecule has 9 nitrogen and oxygen atoms in total. The molecular formula is C15H11N7O2. The van der Waals surface area contributed by atoms with Crippen molar-refractivity contribution in [3.8, 4) is 11.3 Å². The van der Waals surface area contributed by atoms with Crippen molar-refractivity contribution in [2.45, 2.75) is 0 Å². The SMILES string of the molecule is Nc1nc2nonc2nc1N/N=C\c1ccc(-c2ccccc2)o1. The normalized spacial score (nSPS) is 11.3. The van der Waals surface area contributed by atoms with Gasteiger partial charge in [-0.3, -0.25) is 5.43 Å². The number of hydrogen-bond acceptors (Lipinski definition) is 9. The first kappa shape index (κ1) is 13.9.